The van der Waals surface area contributed by atoms with Gasteiger partial charge in [0.1, 0.15) is 0 Å². The molecular formula is C14H28N2O3. The van der Waals surface area contributed by atoms with Gasteiger partial charge in [-0.2, -0.15) is 0 Å². The van der Waals surface area contributed by atoms with Gasteiger partial charge < -0.3 is 15.7 Å². The van der Waals surface area contributed by atoms with E-state index in [1.807, 2.05) is 0 Å². The lowest BCUT2D eigenvalue weighted by molar-refractivity contribution is -0.146. The van der Waals surface area contributed by atoms with Crippen molar-refractivity contribution in [3.05, 3.63) is 0 Å². The van der Waals surface area contributed by atoms with E-state index in [9.17, 15) is 9.59 Å². The van der Waals surface area contributed by atoms with Gasteiger partial charge in [-0.25, -0.2) is 4.79 Å². The lowest BCUT2D eigenvalue weighted by Crippen LogP contribution is -2.43. The topological polar surface area (TPSA) is 78.4 Å². The van der Waals surface area contributed by atoms with E-state index in [4.69, 9.17) is 5.11 Å². The van der Waals surface area contributed by atoms with Crippen LogP contribution in [0.1, 0.15) is 59.3 Å². The van der Waals surface area contributed by atoms with Crippen LogP contribution < -0.4 is 10.6 Å². The number of carboxylic acid groups (broad SMARTS) is 1. The normalized spacial score (nSPS) is 11.1. The van der Waals surface area contributed by atoms with E-state index in [2.05, 4.69) is 17.6 Å². The van der Waals surface area contributed by atoms with Crippen LogP contribution in [0.3, 0.4) is 0 Å². The minimum absolute atomic E-state index is 0.130. The highest BCUT2D eigenvalue weighted by Crippen LogP contribution is 2.12. The average Bonchev–Trinajstić information content (AvgIpc) is 2.35. The summed E-state index contributed by atoms with van der Waals surface area (Å²) < 4.78 is 0. The molecule has 0 aromatic carbocycles. The second-order valence-corrected chi connectivity index (χ2v) is 5.57. The Balaban J connectivity index is 3.53. The molecular weight excluding hydrogens is 244 g/mol. The number of carbonyl (C=O) groups excluding carboxylic acids is 1. The molecule has 19 heavy (non-hydrogen) atoms. The minimum atomic E-state index is -0.933. The molecule has 0 fully saturated rings. The summed E-state index contributed by atoms with van der Waals surface area (Å²) in [5, 5.41) is 14.2. The van der Waals surface area contributed by atoms with Crippen LogP contribution in [0.2, 0.25) is 0 Å². The van der Waals surface area contributed by atoms with Crippen LogP contribution >= 0.6 is 0 Å². The number of carbonyl (C=O) groups is 2. The van der Waals surface area contributed by atoms with Crippen LogP contribution in [0.5, 0.6) is 0 Å². The fraction of sp³-hybridized carbons (Fsp3) is 0.857. The Hall–Kier alpha value is -1.26. The van der Waals surface area contributed by atoms with Gasteiger partial charge in [0.05, 0.1) is 5.41 Å². The van der Waals surface area contributed by atoms with Crippen molar-refractivity contribution in [1.82, 2.24) is 10.6 Å². The molecule has 0 unspecified atom stereocenters. The molecule has 0 aliphatic rings. The van der Waals surface area contributed by atoms with Crippen molar-refractivity contribution in [2.45, 2.75) is 59.3 Å². The predicted octanol–water partition coefficient (Wildman–Crippen LogP) is 2.76. The third-order valence-electron chi connectivity index (χ3n) is 3.09. The quantitative estimate of drug-likeness (QED) is 0.535. The minimum Gasteiger partial charge on any atom is -0.481 e. The number of hydrogen-bond acceptors (Lipinski definition) is 2. The molecule has 0 radical (unpaired) electrons. The first kappa shape index (κ1) is 17.7. The number of urea groups is 1. The first-order valence-corrected chi connectivity index (χ1v) is 7.15. The van der Waals surface area contributed by atoms with Crippen LogP contribution in [0.4, 0.5) is 4.79 Å². The molecule has 0 saturated heterocycles. The second kappa shape index (κ2) is 9.64. The summed E-state index contributed by atoms with van der Waals surface area (Å²) >= 11 is 0. The van der Waals surface area contributed by atoms with Crippen molar-refractivity contribution in [1.29, 1.82) is 0 Å². The maximum absolute atomic E-state index is 11.4. The van der Waals surface area contributed by atoms with Crippen LogP contribution in [0.15, 0.2) is 0 Å². The summed E-state index contributed by atoms with van der Waals surface area (Å²) in [4.78, 5) is 22.3. The maximum Gasteiger partial charge on any atom is 0.314 e. The molecule has 3 N–H and O–H groups in total. The molecule has 0 aliphatic carbocycles. The molecule has 5 heteroatoms. The number of carboxylic acids is 1. The summed E-state index contributed by atoms with van der Waals surface area (Å²) in [5.41, 5.74) is -0.933. The van der Waals surface area contributed by atoms with Gasteiger partial charge in [0.2, 0.25) is 0 Å². The van der Waals surface area contributed by atoms with Gasteiger partial charge in [-0.15, -0.1) is 0 Å². The van der Waals surface area contributed by atoms with E-state index in [1.165, 1.54) is 25.7 Å². The highest BCUT2D eigenvalue weighted by molar-refractivity contribution is 5.77. The number of nitrogens with one attached hydrogen (secondary N) is 2. The van der Waals surface area contributed by atoms with Gasteiger partial charge in [0.15, 0.2) is 0 Å². The fourth-order valence-electron chi connectivity index (χ4n) is 1.55. The molecule has 0 aromatic heterocycles. The highest BCUT2D eigenvalue weighted by Gasteiger charge is 2.27. The third kappa shape index (κ3) is 9.33. The Labute approximate surface area is 116 Å². The molecule has 0 aliphatic heterocycles. The number of rotatable bonds is 10. The van der Waals surface area contributed by atoms with Gasteiger partial charge in [-0.05, 0) is 20.3 Å². The van der Waals surface area contributed by atoms with Crippen LogP contribution in [0, 0.1) is 5.41 Å². The van der Waals surface area contributed by atoms with Crippen molar-refractivity contribution in [3.8, 4) is 0 Å². The monoisotopic (exact) mass is 272 g/mol. The second-order valence-electron chi connectivity index (χ2n) is 5.57. The molecule has 2 amide bonds. The zero-order chi connectivity index (χ0) is 14.7. The summed E-state index contributed by atoms with van der Waals surface area (Å²) in [5.74, 6) is -0.913. The van der Waals surface area contributed by atoms with Crippen LogP contribution in [-0.2, 0) is 4.79 Å². The van der Waals surface area contributed by atoms with Crippen molar-refractivity contribution >= 4 is 12.0 Å². The predicted molar refractivity (Wildman–Crippen MR) is 76.2 cm³/mol. The smallest absolute Gasteiger partial charge is 0.314 e. The summed E-state index contributed by atoms with van der Waals surface area (Å²) in [6, 6.07) is -0.289. The van der Waals surface area contributed by atoms with Crippen molar-refractivity contribution in [2.24, 2.45) is 5.41 Å². The molecule has 0 aromatic rings. The zero-order valence-electron chi connectivity index (χ0n) is 12.4. The van der Waals surface area contributed by atoms with Crippen LogP contribution in [-0.4, -0.2) is 30.2 Å². The molecule has 0 bridgehead atoms. The Bertz CT molecular complexity index is 278. The number of aliphatic carboxylic acids is 1. The summed E-state index contributed by atoms with van der Waals surface area (Å²) in [7, 11) is 0. The largest absolute Gasteiger partial charge is 0.481 e. The average molecular weight is 272 g/mol. The van der Waals surface area contributed by atoms with Crippen molar-refractivity contribution in [3.63, 3.8) is 0 Å². The standard InChI is InChI=1S/C14H28N2O3/c1-4-5-6-7-8-9-10-15-13(19)16-11-14(2,3)12(17)18/h4-11H2,1-3H3,(H,17,18)(H2,15,16,19). The van der Waals surface area contributed by atoms with E-state index in [0.29, 0.717) is 6.54 Å². The lowest BCUT2D eigenvalue weighted by Gasteiger charge is -2.19. The number of unbranched alkanes of at least 4 members (excludes halogenated alkanes) is 5. The zero-order valence-corrected chi connectivity index (χ0v) is 12.4. The van der Waals surface area contributed by atoms with Gasteiger partial charge in [-0.1, -0.05) is 39.0 Å². The van der Waals surface area contributed by atoms with E-state index in [-0.39, 0.29) is 12.6 Å². The number of amides is 2. The molecule has 5 nitrogen and oxygen atoms in total. The van der Waals surface area contributed by atoms with Crippen molar-refractivity contribution < 1.29 is 14.7 Å². The maximum atomic E-state index is 11.4. The lowest BCUT2D eigenvalue weighted by atomic mass is 9.94. The third-order valence-corrected chi connectivity index (χ3v) is 3.09. The van der Waals surface area contributed by atoms with Gasteiger partial charge in [0, 0.05) is 13.1 Å². The molecule has 0 rings (SSSR count). The number of hydrogen-bond donors (Lipinski definition) is 3. The highest BCUT2D eigenvalue weighted by atomic mass is 16.4. The first-order chi connectivity index (χ1) is 8.90. The van der Waals surface area contributed by atoms with Crippen LogP contribution in [0.25, 0.3) is 0 Å². The fourth-order valence-corrected chi connectivity index (χ4v) is 1.55. The SMILES string of the molecule is CCCCCCCCNC(=O)NCC(C)(C)C(=O)O. The van der Waals surface area contributed by atoms with E-state index >= 15 is 0 Å². The Kier molecular flexibility index (Phi) is 9.00. The molecule has 0 atom stereocenters. The summed E-state index contributed by atoms with van der Waals surface area (Å²) in [6.45, 7) is 6.13. The van der Waals surface area contributed by atoms with Gasteiger partial charge >= 0.3 is 12.0 Å². The Morgan fingerprint density at radius 1 is 1.00 bits per heavy atom. The molecule has 0 spiro atoms. The van der Waals surface area contributed by atoms with Gasteiger partial charge in [0.25, 0.3) is 0 Å². The van der Waals surface area contributed by atoms with E-state index < -0.39 is 11.4 Å². The molecule has 0 saturated carbocycles. The molecule has 112 valence electrons. The first-order valence-electron chi connectivity index (χ1n) is 7.15. The van der Waals surface area contributed by atoms with Crippen molar-refractivity contribution in [2.75, 3.05) is 13.1 Å². The molecule has 0 heterocycles. The summed E-state index contributed by atoms with van der Waals surface area (Å²) in [6.07, 6.45) is 7.08. The Morgan fingerprint density at radius 2 is 1.58 bits per heavy atom. The Morgan fingerprint density at radius 3 is 2.16 bits per heavy atom. The van der Waals surface area contributed by atoms with Gasteiger partial charge in [-0.3, -0.25) is 4.79 Å². The van der Waals surface area contributed by atoms with E-state index in [1.54, 1.807) is 13.8 Å². The van der Waals surface area contributed by atoms with E-state index in [0.717, 1.165) is 12.8 Å².